The van der Waals surface area contributed by atoms with Crippen LogP contribution in [0.2, 0.25) is 20.1 Å². The first kappa shape index (κ1) is 26.0. The van der Waals surface area contributed by atoms with Crippen molar-refractivity contribution in [3.8, 4) is 23.3 Å². The Morgan fingerprint density at radius 2 is 1.65 bits per heavy atom. The molecule has 0 aromatic heterocycles. The number of hydrogen-bond donors (Lipinski definition) is 0. The van der Waals surface area contributed by atoms with E-state index in [0.29, 0.717) is 5.02 Å². The highest BCUT2D eigenvalue weighted by Gasteiger charge is 2.31. The number of carbonyl (C=O) groups is 1. The summed E-state index contributed by atoms with van der Waals surface area (Å²) in [4.78, 5) is 12.6. The Kier molecular flexibility index (Phi) is 8.21. The van der Waals surface area contributed by atoms with Gasteiger partial charge in [-0.2, -0.15) is 18.4 Å². The van der Waals surface area contributed by atoms with Crippen LogP contribution < -0.4 is 9.47 Å². The first-order chi connectivity index (χ1) is 16.0. The zero-order chi connectivity index (χ0) is 25.0. The van der Waals surface area contributed by atoms with Crippen LogP contribution in [-0.2, 0) is 11.0 Å². The smallest absolute Gasteiger partial charge is 0.416 e. The molecule has 0 fully saturated rings. The summed E-state index contributed by atoms with van der Waals surface area (Å²) in [7, 11) is 0. The second kappa shape index (κ2) is 10.7. The molecule has 0 aliphatic rings. The number of ether oxygens (including phenoxy) is 2. The third kappa shape index (κ3) is 6.28. The number of nitriles is 1. The Labute approximate surface area is 212 Å². The third-order valence-electron chi connectivity index (χ3n) is 4.48. The first-order valence-corrected chi connectivity index (χ1v) is 10.8. The molecular weight excluding hydrogens is 537 g/mol. The third-order valence-corrected chi connectivity index (χ3v) is 5.65. The van der Waals surface area contributed by atoms with Gasteiger partial charge >= 0.3 is 6.18 Å². The van der Waals surface area contributed by atoms with Gasteiger partial charge in [-0.25, -0.2) is 0 Å². The lowest BCUT2D eigenvalue weighted by atomic mass is 9.96. The van der Waals surface area contributed by atoms with Gasteiger partial charge in [0.1, 0.15) is 29.8 Å². The Morgan fingerprint density at radius 1 is 0.912 bits per heavy atom. The average Bonchev–Trinajstić information content (AvgIpc) is 2.76. The minimum Gasteiger partial charge on any atom is -0.484 e. The van der Waals surface area contributed by atoms with Gasteiger partial charge in [0.15, 0.2) is 5.78 Å². The van der Waals surface area contributed by atoms with Crippen molar-refractivity contribution in [2.45, 2.75) is 12.1 Å². The van der Waals surface area contributed by atoms with Crippen molar-refractivity contribution in [2.75, 3.05) is 6.61 Å². The minimum absolute atomic E-state index is 0.0269. The van der Waals surface area contributed by atoms with E-state index in [-0.39, 0.29) is 37.9 Å². The van der Waals surface area contributed by atoms with Crippen LogP contribution >= 0.6 is 46.4 Å². The fourth-order valence-corrected chi connectivity index (χ4v) is 3.74. The second-order valence-electron chi connectivity index (χ2n) is 6.82. The monoisotopic (exact) mass is 547 g/mol. The van der Waals surface area contributed by atoms with E-state index in [1.54, 1.807) is 0 Å². The maximum atomic E-state index is 12.8. The fourth-order valence-electron chi connectivity index (χ4n) is 2.83. The summed E-state index contributed by atoms with van der Waals surface area (Å²) in [5.74, 6) is -1.62. The molecule has 1 unspecified atom stereocenters. The topological polar surface area (TPSA) is 59.3 Å². The molecule has 3 aromatic rings. The lowest BCUT2D eigenvalue weighted by molar-refractivity contribution is -0.137. The summed E-state index contributed by atoms with van der Waals surface area (Å²) in [6.45, 7) is -0.513. The Balaban J connectivity index is 1.74. The normalized spacial score (nSPS) is 12.1. The van der Waals surface area contributed by atoms with Gasteiger partial charge in [0.05, 0.1) is 21.7 Å². The van der Waals surface area contributed by atoms with Gasteiger partial charge < -0.3 is 9.47 Å². The summed E-state index contributed by atoms with van der Waals surface area (Å²) >= 11 is 24.0. The van der Waals surface area contributed by atoms with Crippen molar-refractivity contribution in [1.82, 2.24) is 0 Å². The molecule has 4 nitrogen and oxygen atoms in total. The van der Waals surface area contributed by atoms with Crippen LogP contribution in [0.15, 0.2) is 54.6 Å². The van der Waals surface area contributed by atoms with Gasteiger partial charge in [0, 0.05) is 16.1 Å². The molecule has 0 saturated heterocycles. The van der Waals surface area contributed by atoms with Crippen LogP contribution in [0, 0.1) is 11.3 Å². The van der Waals surface area contributed by atoms with Crippen LogP contribution in [0.4, 0.5) is 13.2 Å². The maximum Gasteiger partial charge on any atom is 0.416 e. The molecular formula is C23H12Cl4F3NO3. The van der Waals surface area contributed by atoms with Crippen molar-refractivity contribution >= 4 is 52.2 Å². The molecule has 3 aromatic carbocycles. The van der Waals surface area contributed by atoms with E-state index in [4.69, 9.17) is 55.9 Å². The highest BCUT2D eigenvalue weighted by molar-refractivity contribution is 6.35. The average molecular weight is 549 g/mol. The first-order valence-electron chi connectivity index (χ1n) is 9.34. The summed E-state index contributed by atoms with van der Waals surface area (Å²) in [6.07, 6.45) is -4.55. The number of benzene rings is 3. The van der Waals surface area contributed by atoms with Crippen molar-refractivity contribution in [1.29, 1.82) is 5.26 Å². The molecule has 11 heteroatoms. The number of rotatable bonds is 7. The van der Waals surface area contributed by atoms with Crippen LogP contribution in [-0.4, -0.2) is 12.4 Å². The van der Waals surface area contributed by atoms with Crippen molar-refractivity contribution in [3.63, 3.8) is 0 Å². The highest BCUT2D eigenvalue weighted by Crippen LogP contribution is 2.38. The number of nitrogens with zero attached hydrogens (tertiary/aromatic N) is 1. The molecule has 0 heterocycles. The summed E-state index contributed by atoms with van der Waals surface area (Å²) in [6, 6.07) is 13.1. The van der Waals surface area contributed by atoms with Crippen LogP contribution in [0.5, 0.6) is 17.2 Å². The van der Waals surface area contributed by atoms with E-state index in [1.807, 2.05) is 6.07 Å². The Hall–Kier alpha value is -2.63. The van der Waals surface area contributed by atoms with Gasteiger partial charge in [-0.3, -0.25) is 4.79 Å². The summed E-state index contributed by atoms with van der Waals surface area (Å²) < 4.78 is 49.5. The van der Waals surface area contributed by atoms with E-state index >= 15 is 0 Å². The summed E-state index contributed by atoms with van der Waals surface area (Å²) in [5.41, 5.74) is -0.640. The van der Waals surface area contributed by atoms with E-state index in [2.05, 4.69) is 0 Å². The lowest BCUT2D eigenvalue weighted by Crippen LogP contribution is -2.19. The number of carbonyl (C=O) groups excluding carboxylic acids is 1. The number of halogens is 7. The Bertz CT molecular complexity index is 1280. The SMILES string of the molecule is N#CC(C(=O)COc1cc(Oc2ccc(C(F)(F)F)cc2Cl)ccc1Cl)c1ccc(Cl)cc1Cl. The molecule has 0 radical (unpaired) electrons. The molecule has 34 heavy (non-hydrogen) atoms. The van der Waals surface area contributed by atoms with Gasteiger partial charge in [-0.15, -0.1) is 0 Å². The molecule has 0 amide bonds. The van der Waals surface area contributed by atoms with E-state index < -0.39 is 30.0 Å². The van der Waals surface area contributed by atoms with Crippen LogP contribution in [0.25, 0.3) is 0 Å². The number of ketones is 1. The lowest BCUT2D eigenvalue weighted by Gasteiger charge is -2.14. The van der Waals surface area contributed by atoms with Crippen LogP contribution in [0.3, 0.4) is 0 Å². The summed E-state index contributed by atoms with van der Waals surface area (Å²) in [5, 5.41) is 9.85. The second-order valence-corrected chi connectivity index (χ2v) is 8.48. The predicted molar refractivity (Wildman–Crippen MR) is 123 cm³/mol. The number of hydrogen-bond acceptors (Lipinski definition) is 4. The highest BCUT2D eigenvalue weighted by atomic mass is 35.5. The Morgan fingerprint density at radius 3 is 2.26 bits per heavy atom. The van der Waals surface area contributed by atoms with E-state index in [1.165, 1.54) is 36.4 Å². The molecule has 1 atom stereocenters. The van der Waals surface area contributed by atoms with Gasteiger partial charge in [0.25, 0.3) is 0 Å². The molecule has 0 spiro atoms. The molecule has 0 N–H and O–H groups in total. The molecule has 0 bridgehead atoms. The molecule has 176 valence electrons. The van der Waals surface area contributed by atoms with Gasteiger partial charge in [-0.05, 0) is 48.0 Å². The largest absolute Gasteiger partial charge is 0.484 e. The van der Waals surface area contributed by atoms with Crippen LogP contribution in [0.1, 0.15) is 17.0 Å². The fraction of sp³-hybridized carbons (Fsp3) is 0.130. The van der Waals surface area contributed by atoms with E-state index in [0.717, 1.165) is 18.2 Å². The molecule has 0 aliphatic carbocycles. The number of Topliss-reactive ketones (excluding diaryl/α,β-unsaturated/α-hetero) is 1. The van der Waals surface area contributed by atoms with Gasteiger partial charge in [0.2, 0.25) is 0 Å². The quantitative estimate of drug-likeness (QED) is 0.297. The van der Waals surface area contributed by atoms with E-state index in [9.17, 15) is 23.2 Å². The van der Waals surface area contributed by atoms with Crippen molar-refractivity contribution in [2.24, 2.45) is 0 Å². The van der Waals surface area contributed by atoms with Gasteiger partial charge in [-0.1, -0.05) is 52.5 Å². The zero-order valence-electron chi connectivity index (χ0n) is 16.8. The minimum atomic E-state index is -4.55. The molecule has 3 rings (SSSR count). The standard InChI is InChI=1S/C23H12Cl4F3NO3/c24-13-2-4-15(18(26)8-13)16(10-31)20(32)11-33-22-9-14(3-5-17(22)25)34-21-6-1-12(7-19(21)27)23(28,29)30/h1-9,16H,11H2. The zero-order valence-corrected chi connectivity index (χ0v) is 19.8. The van der Waals surface area contributed by atoms with Crippen molar-refractivity contribution in [3.05, 3.63) is 85.8 Å². The number of alkyl halides is 3. The molecule has 0 aliphatic heterocycles. The molecule has 0 saturated carbocycles. The maximum absolute atomic E-state index is 12.8. The van der Waals surface area contributed by atoms with Crippen molar-refractivity contribution < 1.29 is 27.4 Å². The predicted octanol–water partition coefficient (Wildman–Crippen LogP) is 8.37.